The van der Waals surface area contributed by atoms with Crippen molar-refractivity contribution in [2.75, 3.05) is 5.73 Å². The molecule has 0 amide bonds. The lowest BCUT2D eigenvalue weighted by Crippen LogP contribution is -2.01. The van der Waals surface area contributed by atoms with E-state index < -0.39 is 4.92 Å². The first-order chi connectivity index (χ1) is 9.06. The van der Waals surface area contributed by atoms with Gasteiger partial charge in [0.15, 0.2) is 0 Å². The van der Waals surface area contributed by atoms with Crippen molar-refractivity contribution in [3.8, 4) is 0 Å². The number of non-ortho nitro benzene ring substituents is 1. The number of hydrogen-bond donors (Lipinski definition) is 1. The summed E-state index contributed by atoms with van der Waals surface area (Å²) in [6.07, 6.45) is 3.52. The molecule has 0 radical (unpaired) electrons. The van der Waals surface area contributed by atoms with E-state index >= 15 is 0 Å². The molecule has 0 fully saturated rings. The minimum Gasteiger partial charge on any atom is -0.366 e. The van der Waals surface area contributed by atoms with Crippen LogP contribution in [0.1, 0.15) is 17.0 Å². The molecule has 2 aromatic rings. The lowest BCUT2D eigenvalue weighted by molar-refractivity contribution is -0.384. The fraction of sp³-hybridized carbons (Fsp3) is 0.0833. The first kappa shape index (κ1) is 12.6. The van der Waals surface area contributed by atoms with Gasteiger partial charge in [-0.15, -0.1) is 10.2 Å². The van der Waals surface area contributed by atoms with Gasteiger partial charge in [0.05, 0.1) is 16.3 Å². The molecule has 1 aromatic heterocycles. The average molecular weight is 257 g/mol. The number of nitro benzene ring substituents is 1. The third-order valence-corrected chi connectivity index (χ3v) is 2.45. The highest BCUT2D eigenvalue weighted by Crippen LogP contribution is 2.14. The summed E-state index contributed by atoms with van der Waals surface area (Å²) in [4.78, 5) is 14.1. The van der Waals surface area contributed by atoms with E-state index in [1.165, 1.54) is 12.1 Å². The molecule has 2 N–H and O–H groups in total. The topological polar surface area (TPSA) is 108 Å². The smallest absolute Gasteiger partial charge is 0.269 e. The van der Waals surface area contributed by atoms with Gasteiger partial charge in [0.25, 0.3) is 5.69 Å². The van der Waals surface area contributed by atoms with Crippen molar-refractivity contribution in [2.24, 2.45) is 0 Å². The number of aryl methyl sites for hydroxylation is 1. The average Bonchev–Trinajstić information content (AvgIpc) is 2.40. The number of nitrogens with two attached hydrogens (primary N) is 1. The molecule has 0 aliphatic rings. The Kier molecular flexibility index (Phi) is 3.46. The molecular formula is C12H11N5O2. The van der Waals surface area contributed by atoms with E-state index in [4.69, 9.17) is 5.73 Å². The van der Waals surface area contributed by atoms with Crippen molar-refractivity contribution in [2.45, 2.75) is 6.92 Å². The molecule has 0 saturated heterocycles. The number of nitrogens with zero attached hydrogens (tertiary/aromatic N) is 4. The van der Waals surface area contributed by atoms with Gasteiger partial charge in [0.1, 0.15) is 0 Å². The van der Waals surface area contributed by atoms with Crippen LogP contribution in [0.3, 0.4) is 0 Å². The SMILES string of the molecule is Cc1nnc(N)nc1/C=C/c1ccc([N+](=O)[O-])cc1. The van der Waals surface area contributed by atoms with E-state index in [1.807, 2.05) is 0 Å². The Morgan fingerprint density at radius 3 is 2.53 bits per heavy atom. The van der Waals surface area contributed by atoms with Crippen LogP contribution in [0, 0.1) is 17.0 Å². The molecule has 7 nitrogen and oxygen atoms in total. The van der Waals surface area contributed by atoms with Crippen molar-refractivity contribution in [1.29, 1.82) is 0 Å². The van der Waals surface area contributed by atoms with Gasteiger partial charge in [-0.05, 0) is 30.7 Å². The van der Waals surface area contributed by atoms with E-state index in [9.17, 15) is 10.1 Å². The van der Waals surface area contributed by atoms with E-state index in [2.05, 4.69) is 15.2 Å². The van der Waals surface area contributed by atoms with Crippen LogP contribution in [-0.2, 0) is 0 Å². The Balaban J connectivity index is 2.22. The maximum absolute atomic E-state index is 10.5. The summed E-state index contributed by atoms with van der Waals surface area (Å²) in [7, 11) is 0. The van der Waals surface area contributed by atoms with E-state index in [1.54, 1.807) is 31.2 Å². The van der Waals surface area contributed by atoms with Crippen LogP contribution in [0.2, 0.25) is 0 Å². The molecule has 0 unspecified atom stereocenters. The maximum Gasteiger partial charge on any atom is 0.269 e. The number of anilines is 1. The molecule has 0 aliphatic heterocycles. The van der Waals surface area contributed by atoms with Crippen LogP contribution in [0.25, 0.3) is 12.2 Å². The van der Waals surface area contributed by atoms with Crippen molar-refractivity contribution in [3.05, 3.63) is 51.3 Å². The van der Waals surface area contributed by atoms with Crippen LogP contribution in [0.4, 0.5) is 11.6 Å². The summed E-state index contributed by atoms with van der Waals surface area (Å²) in [5, 5.41) is 18.0. The molecule has 2 rings (SSSR count). The minimum absolute atomic E-state index is 0.0567. The van der Waals surface area contributed by atoms with Crippen molar-refractivity contribution >= 4 is 23.8 Å². The highest BCUT2D eigenvalue weighted by molar-refractivity contribution is 5.69. The van der Waals surface area contributed by atoms with Gasteiger partial charge in [0.2, 0.25) is 5.95 Å². The van der Waals surface area contributed by atoms with E-state index in [-0.39, 0.29) is 11.6 Å². The third kappa shape index (κ3) is 3.09. The quantitative estimate of drug-likeness (QED) is 0.663. The number of hydrogen-bond acceptors (Lipinski definition) is 6. The standard InChI is InChI=1S/C12H11N5O2/c1-8-11(14-12(13)16-15-8)7-4-9-2-5-10(6-3-9)17(18)19/h2-7H,1H3,(H2,13,14,16)/b7-4+. The summed E-state index contributed by atoms with van der Waals surface area (Å²) >= 11 is 0. The van der Waals surface area contributed by atoms with E-state index in [0.29, 0.717) is 11.4 Å². The number of aromatic nitrogens is 3. The Morgan fingerprint density at radius 1 is 1.21 bits per heavy atom. The lowest BCUT2D eigenvalue weighted by Gasteiger charge is -1.98. The van der Waals surface area contributed by atoms with Gasteiger partial charge >= 0.3 is 0 Å². The summed E-state index contributed by atoms with van der Waals surface area (Å²) < 4.78 is 0. The number of nitrogen functional groups attached to an aromatic ring is 1. The van der Waals surface area contributed by atoms with Gasteiger partial charge in [-0.25, -0.2) is 4.98 Å². The zero-order chi connectivity index (χ0) is 13.8. The fourth-order valence-corrected chi connectivity index (χ4v) is 1.44. The normalized spacial score (nSPS) is 10.8. The third-order valence-electron chi connectivity index (χ3n) is 2.45. The van der Waals surface area contributed by atoms with Crippen LogP contribution >= 0.6 is 0 Å². The highest BCUT2D eigenvalue weighted by atomic mass is 16.6. The van der Waals surface area contributed by atoms with Crippen molar-refractivity contribution in [3.63, 3.8) is 0 Å². The first-order valence-electron chi connectivity index (χ1n) is 5.45. The Hall–Kier alpha value is -2.83. The maximum atomic E-state index is 10.5. The highest BCUT2D eigenvalue weighted by Gasteiger charge is 2.03. The largest absolute Gasteiger partial charge is 0.366 e. The number of nitro groups is 1. The van der Waals surface area contributed by atoms with Gasteiger partial charge in [-0.2, -0.15) is 0 Å². The zero-order valence-corrected chi connectivity index (χ0v) is 10.1. The summed E-state index contributed by atoms with van der Waals surface area (Å²) in [5.74, 6) is 0.106. The summed E-state index contributed by atoms with van der Waals surface area (Å²) in [5.41, 5.74) is 7.61. The molecule has 7 heteroatoms. The molecule has 0 atom stereocenters. The predicted octanol–water partition coefficient (Wildman–Crippen LogP) is 1.84. The zero-order valence-electron chi connectivity index (χ0n) is 10.1. The molecule has 0 spiro atoms. The fourth-order valence-electron chi connectivity index (χ4n) is 1.44. The van der Waals surface area contributed by atoms with Gasteiger partial charge in [-0.1, -0.05) is 6.08 Å². The van der Waals surface area contributed by atoms with Crippen LogP contribution in [0.15, 0.2) is 24.3 Å². The molecule has 0 saturated carbocycles. The Bertz CT molecular complexity index is 637. The monoisotopic (exact) mass is 257 g/mol. The second-order valence-corrected chi connectivity index (χ2v) is 3.82. The van der Waals surface area contributed by atoms with Crippen molar-refractivity contribution in [1.82, 2.24) is 15.2 Å². The van der Waals surface area contributed by atoms with Crippen LogP contribution < -0.4 is 5.73 Å². The summed E-state index contributed by atoms with van der Waals surface area (Å²) in [6, 6.07) is 6.20. The second-order valence-electron chi connectivity index (χ2n) is 3.82. The predicted molar refractivity (Wildman–Crippen MR) is 71.0 cm³/mol. The first-order valence-corrected chi connectivity index (χ1v) is 5.45. The molecule has 1 heterocycles. The lowest BCUT2D eigenvalue weighted by atomic mass is 10.2. The Morgan fingerprint density at radius 2 is 1.89 bits per heavy atom. The molecule has 96 valence electrons. The number of rotatable bonds is 3. The van der Waals surface area contributed by atoms with Crippen LogP contribution in [-0.4, -0.2) is 20.1 Å². The molecule has 19 heavy (non-hydrogen) atoms. The molecular weight excluding hydrogens is 246 g/mol. The molecule has 1 aromatic carbocycles. The second kappa shape index (κ2) is 5.21. The van der Waals surface area contributed by atoms with Gasteiger partial charge < -0.3 is 5.73 Å². The summed E-state index contributed by atoms with van der Waals surface area (Å²) in [6.45, 7) is 1.77. The Labute approximate surface area is 109 Å². The van der Waals surface area contributed by atoms with E-state index in [0.717, 1.165) is 5.56 Å². The van der Waals surface area contributed by atoms with Crippen molar-refractivity contribution < 1.29 is 4.92 Å². The number of benzene rings is 1. The molecule has 0 bridgehead atoms. The van der Waals surface area contributed by atoms with Gasteiger partial charge in [-0.3, -0.25) is 10.1 Å². The molecule has 0 aliphatic carbocycles. The van der Waals surface area contributed by atoms with Crippen LogP contribution in [0.5, 0.6) is 0 Å². The minimum atomic E-state index is -0.438. The van der Waals surface area contributed by atoms with Gasteiger partial charge in [0, 0.05) is 12.1 Å².